The molecule has 3 aliphatic heterocycles. The molecule has 2 aromatic carbocycles. The van der Waals surface area contributed by atoms with Gasteiger partial charge in [-0.3, -0.25) is 19.3 Å². The second kappa shape index (κ2) is 8.84. The highest BCUT2D eigenvalue weighted by Gasteiger charge is 2.40. The molecule has 0 unspecified atom stereocenters. The number of nitrogens with one attached hydrogen (secondary N) is 1. The van der Waals surface area contributed by atoms with E-state index >= 15 is 0 Å². The second-order valence-electron chi connectivity index (χ2n) is 7.93. The van der Waals surface area contributed by atoms with Gasteiger partial charge < -0.3 is 15.0 Å². The van der Waals surface area contributed by atoms with Crippen LogP contribution in [-0.4, -0.2) is 60.6 Å². The minimum Gasteiger partial charge on any atom is -0.378 e. The maximum Gasteiger partial charge on any atom is 0.287 e. The number of para-hydroxylation sites is 1. The number of aryl methyl sites for hydroxylation is 1. The van der Waals surface area contributed by atoms with E-state index in [1.54, 1.807) is 18.2 Å². The molecule has 5 rings (SSSR count). The molecule has 1 saturated heterocycles. The van der Waals surface area contributed by atoms with Crippen molar-refractivity contribution < 1.29 is 19.1 Å². The first-order valence-corrected chi connectivity index (χ1v) is 11.5. The Morgan fingerprint density at radius 1 is 1.12 bits per heavy atom. The molecular weight excluding hydrogens is 440 g/mol. The van der Waals surface area contributed by atoms with Crippen LogP contribution in [0.1, 0.15) is 11.1 Å². The number of amidine groups is 1. The number of morpholine rings is 1. The fourth-order valence-electron chi connectivity index (χ4n) is 4.07. The quantitative estimate of drug-likeness (QED) is 0.706. The van der Waals surface area contributed by atoms with Crippen molar-refractivity contribution >= 4 is 51.6 Å². The molecule has 0 radical (unpaired) electrons. The molecule has 3 amide bonds. The predicted molar refractivity (Wildman–Crippen MR) is 128 cm³/mol. The molecule has 0 bridgehead atoms. The van der Waals surface area contributed by atoms with Crippen LogP contribution in [0.2, 0.25) is 0 Å². The van der Waals surface area contributed by atoms with Gasteiger partial charge in [0.15, 0.2) is 5.17 Å². The van der Waals surface area contributed by atoms with Gasteiger partial charge in [-0.1, -0.05) is 30.3 Å². The minimum atomic E-state index is -0.425. The van der Waals surface area contributed by atoms with E-state index in [0.717, 1.165) is 5.56 Å². The van der Waals surface area contributed by atoms with Crippen LogP contribution in [0.5, 0.6) is 0 Å². The fraction of sp³-hybridized carbons (Fsp3) is 0.250. The number of fused-ring (bicyclic) bond motifs is 1. The molecule has 0 atom stereocenters. The Hall–Kier alpha value is -3.43. The van der Waals surface area contributed by atoms with Gasteiger partial charge in [0.2, 0.25) is 5.91 Å². The average Bonchev–Trinajstić information content (AvgIpc) is 3.31. The van der Waals surface area contributed by atoms with Gasteiger partial charge >= 0.3 is 0 Å². The fourth-order valence-corrected chi connectivity index (χ4v) is 5.12. The zero-order chi connectivity index (χ0) is 22.9. The van der Waals surface area contributed by atoms with E-state index in [0.29, 0.717) is 58.9 Å². The van der Waals surface area contributed by atoms with Crippen LogP contribution in [0.15, 0.2) is 58.4 Å². The van der Waals surface area contributed by atoms with Gasteiger partial charge in [0.1, 0.15) is 6.54 Å². The number of hydrogen-bond acceptors (Lipinski definition) is 6. The van der Waals surface area contributed by atoms with Crippen molar-refractivity contribution in [3.05, 3.63) is 64.6 Å². The lowest BCUT2D eigenvalue weighted by molar-refractivity contribution is -0.118. The van der Waals surface area contributed by atoms with Crippen molar-refractivity contribution in [1.29, 1.82) is 0 Å². The number of benzene rings is 2. The first kappa shape index (κ1) is 21.4. The van der Waals surface area contributed by atoms with E-state index in [9.17, 15) is 14.4 Å². The number of ether oxygens (including phenoxy) is 1. The number of amides is 3. The summed E-state index contributed by atoms with van der Waals surface area (Å²) in [5.41, 5.74) is 3.24. The maximum atomic E-state index is 13.5. The molecule has 3 aliphatic rings. The third-order valence-corrected chi connectivity index (χ3v) is 6.74. The van der Waals surface area contributed by atoms with Crippen molar-refractivity contribution in [2.24, 2.45) is 4.99 Å². The molecule has 0 aromatic heterocycles. The molecular formula is C24H22N4O4S. The number of thioether (sulfide) groups is 1. The molecule has 2 aromatic rings. The zero-order valence-corrected chi connectivity index (χ0v) is 18.9. The molecule has 1 N–H and O–H groups in total. The van der Waals surface area contributed by atoms with Crippen LogP contribution in [0.4, 0.5) is 11.4 Å². The smallest absolute Gasteiger partial charge is 0.287 e. The Kier molecular flexibility index (Phi) is 5.74. The number of rotatable bonds is 3. The lowest BCUT2D eigenvalue weighted by atomic mass is 10.1. The van der Waals surface area contributed by atoms with Crippen LogP contribution >= 0.6 is 11.8 Å². The number of anilines is 2. The summed E-state index contributed by atoms with van der Waals surface area (Å²) in [6.45, 7) is 4.24. The largest absolute Gasteiger partial charge is 0.378 e. The first-order chi connectivity index (χ1) is 16.0. The summed E-state index contributed by atoms with van der Waals surface area (Å²) < 4.78 is 5.37. The Bertz CT molecular complexity index is 1220. The highest BCUT2D eigenvalue weighted by Crippen LogP contribution is 2.43. The van der Waals surface area contributed by atoms with E-state index in [1.807, 2.05) is 42.2 Å². The Morgan fingerprint density at radius 2 is 1.91 bits per heavy atom. The van der Waals surface area contributed by atoms with Gasteiger partial charge in [0.25, 0.3) is 11.8 Å². The maximum absolute atomic E-state index is 13.5. The van der Waals surface area contributed by atoms with Crippen LogP contribution in [0.3, 0.4) is 0 Å². The monoisotopic (exact) mass is 462 g/mol. The molecule has 1 fully saturated rings. The van der Waals surface area contributed by atoms with Gasteiger partial charge in [-0.15, -0.1) is 0 Å². The van der Waals surface area contributed by atoms with Gasteiger partial charge in [-0.2, -0.15) is 4.99 Å². The SMILES string of the molecule is Cc1cccc(NC(=O)CN2C(=O)/C(=C3\SC(N4CCOCC4)=NC3=O)c3ccccc32)c1. The summed E-state index contributed by atoms with van der Waals surface area (Å²) in [6.07, 6.45) is 0. The highest BCUT2D eigenvalue weighted by molar-refractivity contribution is 8.18. The van der Waals surface area contributed by atoms with E-state index in [4.69, 9.17) is 4.74 Å². The van der Waals surface area contributed by atoms with Crippen molar-refractivity contribution in [2.45, 2.75) is 6.92 Å². The highest BCUT2D eigenvalue weighted by atomic mass is 32.2. The third kappa shape index (κ3) is 4.17. The summed E-state index contributed by atoms with van der Waals surface area (Å²) in [7, 11) is 0. The lowest BCUT2D eigenvalue weighted by Crippen LogP contribution is -2.38. The topological polar surface area (TPSA) is 91.3 Å². The summed E-state index contributed by atoms with van der Waals surface area (Å²) in [6, 6.07) is 14.7. The van der Waals surface area contributed by atoms with E-state index in [1.165, 1.54) is 16.7 Å². The predicted octanol–water partition coefficient (Wildman–Crippen LogP) is 2.65. The van der Waals surface area contributed by atoms with Crippen molar-refractivity contribution in [1.82, 2.24) is 4.90 Å². The van der Waals surface area contributed by atoms with Crippen LogP contribution in [0.25, 0.3) is 5.57 Å². The molecule has 168 valence electrons. The van der Waals surface area contributed by atoms with Gasteiger partial charge in [0.05, 0.1) is 29.4 Å². The van der Waals surface area contributed by atoms with E-state index in [-0.39, 0.29) is 18.4 Å². The van der Waals surface area contributed by atoms with E-state index < -0.39 is 5.91 Å². The van der Waals surface area contributed by atoms with Gasteiger partial charge in [0, 0.05) is 24.3 Å². The van der Waals surface area contributed by atoms with Crippen molar-refractivity contribution in [2.75, 3.05) is 43.1 Å². The summed E-state index contributed by atoms with van der Waals surface area (Å²) in [5, 5.41) is 3.43. The number of aliphatic imine (C=N–C) groups is 1. The summed E-state index contributed by atoms with van der Waals surface area (Å²) in [4.78, 5) is 46.9. The average molecular weight is 463 g/mol. The molecule has 33 heavy (non-hydrogen) atoms. The summed E-state index contributed by atoms with van der Waals surface area (Å²) >= 11 is 1.22. The molecule has 0 saturated carbocycles. The Balaban J connectivity index is 1.41. The molecule has 8 nitrogen and oxygen atoms in total. The molecule has 0 aliphatic carbocycles. The van der Waals surface area contributed by atoms with E-state index in [2.05, 4.69) is 10.3 Å². The number of carbonyl (C=O) groups is 3. The van der Waals surface area contributed by atoms with Crippen LogP contribution < -0.4 is 10.2 Å². The number of carbonyl (C=O) groups excluding carboxylic acids is 3. The third-order valence-electron chi connectivity index (χ3n) is 5.62. The summed E-state index contributed by atoms with van der Waals surface area (Å²) in [5.74, 6) is -1.11. The first-order valence-electron chi connectivity index (χ1n) is 10.7. The van der Waals surface area contributed by atoms with Gasteiger partial charge in [-0.25, -0.2) is 0 Å². The Labute approximate surface area is 195 Å². The minimum absolute atomic E-state index is 0.156. The Morgan fingerprint density at radius 3 is 2.70 bits per heavy atom. The zero-order valence-electron chi connectivity index (χ0n) is 18.0. The molecule has 3 heterocycles. The molecule has 0 spiro atoms. The standard InChI is InChI=1S/C24H22N4O4S/c1-15-5-4-6-16(13-15)25-19(29)14-28-18-8-3-2-7-17(18)20(23(28)31)21-22(30)26-24(33-21)27-9-11-32-12-10-27/h2-8,13H,9-12,14H2,1H3,(H,25,29)/b21-20-. The lowest BCUT2D eigenvalue weighted by Gasteiger charge is -2.27. The van der Waals surface area contributed by atoms with Crippen LogP contribution in [-0.2, 0) is 19.1 Å². The van der Waals surface area contributed by atoms with Crippen molar-refractivity contribution in [3.8, 4) is 0 Å². The molecule has 9 heteroatoms. The van der Waals surface area contributed by atoms with Gasteiger partial charge in [-0.05, 0) is 42.4 Å². The second-order valence-corrected chi connectivity index (χ2v) is 8.91. The number of nitrogens with zero attached hydrogens (tertiary/aromatic N) is 3. The van der Waals surface area contributed by atoms with Crippen molar-refractivity contribution in [3.63, 3.8) is 0 Å². The normalized spacial score (nSPS) is 20.2. The number of hydrogen-bond donors (Lipinski definition) is 1. The van der Waals surface area contributed by atoms with Crippen LogP contribution in [0, 0.1) is 6.92 Å².